The maximum atomic E-state index is 12.0. The van der Waals surface area contributed by atoms with E-state index < -0.39 is 0 Å². The molecule has 2 aromatic rings. The van der Waals surface area contributed by atoms with E-state index in [9.17, 15) is 4.79 Å². The summed E-state index contributed by atoms with van der Waals surface area (Å²) in [5.41, 5.74) is 3.75. The molecule has 6 heteroatoms. The normalized spacial score (nSPS) is 10.7. The molecule has 0 aromatic heterocycles. The molecule has 132 valence electrons. The lowest BCUT2D eigenvalue weighted by Crippen LogP contribution is -2.17. The fraction of sp³-hybridized carbons (Fsp3) is 0.263. The second kappa shape index (κ2) is 9.69. The van der Waals surface area contributed by atoms with Crippen LogP contribution in [0.2, 0.25) is 5.02 Å². The molecule has 1 amide bonds. The standard InChI is InChI=1S/C19H21ClN2O3/c1-3-4-11-25-17-10-5-14(12-18(17)24-2)13-21-22-19(23)15-6-8-16(20)9-7-15/h5-10,12-13H,3-4,11H2,1-2H3,(H,22,23)/b21-13+. The molecule has 25 heavy (non-hydrogen) atoms. The Labute approximate surface area is 152 Å². The van der Waals surface area contributed by atoms with E-state index in [1.165, 1.54) is 0 Å². The zero-order chi connectivity index (χ0) is 18.1. The molecule has 0 saturated carbocycles. The van der Waals surface area contributed by atoms with Crippen LogP contribution in [0.3, 0.4) is 0 Å². The summed E-state index contributed by atoms with van der Waals surface area (Å²) in [6, 6.07) is 12.1. The van der Waals surface area contributed by atoms with Gasteiger partial charge in [-0.2, -0.15) is 5.10 Å². The summed E-state index contributed by atoms with van der Waals surface area (Å²) in [7, 11) is 1.59. The van der Waals surface area contributed by atoms with Gasteiger partial charge in [0.2, 0.25) is 0 Å². The van der Waals surface area contributed by atoms with E-state index in [1.807, 2.05) is 12.1 Å². The average Bonchev–Trinajstić information content (AvgIpc) is 2.63. The van der Waals surface area contributed by atoms with Gasteiger partial charge >= 0.3 is 0 Å². The van der Waals surface area contributed by atoms with Crippen molar-refractivity contribution in [1.82, 2.24) is 5.43 Å². The number of nitrogens with one attached hydrogen (secondary N) is 1. The van der Waals surface area contributed by atoms with Gasteiger partial charge < -0.3 is 9.47 Å². The Hall–Kier alpha value is -2.53. The van der Waals surface area contributed by atoms with Crippen molar-refractivity contribution >= 4 is 23.7 Å². The first-order chi connectivity index (χ1) is 12.1. The number of ether oxygens (including phenoxy) is 2. The predicted molar refractivity (Wildman–Crippen MR) is 99.9 cm³/mol. The van der Waals surface area contributed by atoms with Crippen molar-refractivity contribution in [3.63, 3.8) is 0 Å². The van der Waals surface area contributed by atoms with Gasteiger partial charge in [-0.3, -0.25) is 4.79 Å². The maximum absolute atomic E-state index is 12.0. The van der Waals surface area contributed by atoms with Crippen LogP contribution in [0, 0.1) is 0 Å². The third-order valence-electron chi connectivity index (χ3n) is 3.43. The third kappa shape index (κ3) is 5.80. The molecule has 0 heterocycles. The number of halogens is 1. The van der Waals surface area contributed by atoms with Gasteiger partial charge in [-0.25, -0.2) is 5.43 Å². The lowest BCUT2D eigenvalue weighted by molar-refractivity contribution is 0.0955. The Kier molecular flexibility index (Phi) is 7.29. The quantitative estimate of drug-likeness (QED) is 0.434. The molecule has 0 fully saturated rings. The Morgan fingerprint density at radius 2 is 1.96 bits per heavy atom. The molecule has 0 atom stereocenters. The smallest absolute Gasteiger partial charge is 0.271 e. The summed E-state index contributed by atoms with van der Waals surface area (Å²) in [4.78, 5) is 12.0. The van der Waals surface area contributed by atoms with E-state index in [2.05, 4.69) is 17.5 Å². The van der Waals surface area contributed by atoms with Gasteiger partial charge in [-0.1, -0.05) is 24.9 Å². The highest BCUT2D eigenvalue weighted by atomic mass is 35.5. The number of carbonyl (C=O) groups is 1. The van der Waals surface area contributed by atoms with Crippen molar-refractivity contribution in [1.29, 1.82) is 0 Å². The zero-order valence-corrected chi connectivity index (χ0v) is 15.0. The van der Waals surface area contributed by atoms with Crippen molar-refractivity contribution in [3.05, 3.63) is 58.6 Å². The van der Waals surface area contributed by atoms with Crippen LogP contribution in [-0.4, -0.2) is 25.8 Å². The fourth-order valence-electron chi connectivity index (χ4n) is 2.04. The first kappa shape index (κ1) is 18.8. The van der Waals surface area contributed by atoms with Crippen LogP contribution in [0.5, 0.6) is 11.5 Å². The number of carbonyl (C=O) groups excluding carboxylic acids is 1. The lowest BCUT2D eigenvalue weighted by atomic mass is 10.2. The van der Waals surface area contributed by atoms with Gasteiger partial charge in [0.25, 0.3) is 5.91 Å². The Morgan fingerprint density at radius 1 is 1.20 bits per heavy atom. The van der Waals surface area contributed by atoms with E-state index >= 15 is 0 Å². The van der Waals surface area contributed by atoms with Crippen LogP contribution >= 0.6 is 11.6 Å². The minimum Gasteiger partial charge on any atom is -0.493 e. The maximum Gasteiger partial charge on any atom is 0.271 e. The predicted octanol–water partition coefficient (Wildman–Crippen LogP) is 4.29. The van der Waals surface area contributed by atoms with Gasteiger partial charge in [0.1, 0.15) is 0 Å². The second-order valence-corrected chi connectivity index (χ2v) is 5.75. The Morgan fingerprint density at radius 3 is 2.64 bits per heavy atom. The third-order valence-corrected chi connectivity index (χ3v) is 3.68. The second-order valence-electron chi connectivity index (χ2n) is 5.32. The Balaban J connectivity index is 1.98. The topological polar surface area (TPSA) is 59.9 Å². The lowest BCUT2D eigenvalue weighted by Gasteiger charge is -2.10. The van der Waals surface area contributed by atoms with Gasteiger partial charge in [-0.15, -0.1) is 0 Å². The molecule has 0 aliphatic carbocycles. The minimum atomic E-state index is -0.306. The van der Waals surface area contributed by atoms with Crippen LogP contribution in [0.4, 0.5) is 0 Å². The number of hydrazone groups is 1. The number of amides is 1. The molecule has 0 radical (unpaired) electrons. The molecule has 0 aliphatic heterocycles. The molecule has 2 aromatic carbocycles. The molecule has 5 nitrogen and oxygen atoms in total. The van der Waals surface area contributed by atoms with E-state index in [-0.39, 0.29) is 5.91 Å². The monoisotopic (exact) mass is 360 g/mol. The highest BCUT2D eigenvalue weighted by molar-refractivity contribution is 6.30. The van der Waals surface area contributed by atoms with Crippen molar-refractivity contribution in [2.45, 2.75) is 19.8 Å². The first-order valence-corrected chi connectivity index (χ1v) is 8.41. The summed E-state index contributed by atoms with van der Waals surface area (Å²) in [6.07, 6.45) is 3.61. The molecule has 0 spiro atoms. The van der Waals surface area contributed by atoms with E-state index in [1.54, 1.807) is 43.7 Å². The SMILES string of the molecule is CCCCOc1ccc(/C=N/NC(=O)c2ccc(Cl)cc2)cc1OC. The van der Waals surface area contributed by atoms with Crippen LogP contribution in [0.1, 0.15) is 35.7 Å². The molecule has 1 N–H and O–H groups in total. The largest absolute Gasteiger partial charge is 0.493 e. The van der Waals surface area contributed by atoms with Crippen molar-refractivity contribution in [2.24, 2.45) is 5.10 Å². The summed E-state index contributed by atoms with van der Waals surface area (Å²) in [5, 5.41) is 4.54. The van der Waals surface area contributed by atoms with Crippen LogP contribution in [0.25, 0.3) is 0 Å². The van der Waals surface area contributed by atoms with E-state index in [0.717, 1.165) is 18.4 Å². The van der Waals surface area contributed by atoms with Gasteiger partial charge in [0.05, 0.1) is 19.9 Å². The Bertz CT molecular complexity index is 730. The minimum absolute atomic E-state index is 0.306. The number of hydrogen-bond donors (Lipinski definition) is 1. The fourth-order valence-corrected chi connectivity index (χ4v) is 2.17. The summed E-state index contributed by atoms with van der Waals surface area (Å²) >= 11 is 5.80. The summed E-state index contributed by atoms with van der Waals surface area (Å²) in [6.45, 7) is 2.76. The number of hydrogen-bond acceptors (Lipinski definition) is 4. The van der Waals surface area contributed by atoms with Gasteiger partial charge in [0.15, 0.2) is 11.5 Å². The summed E-state index contributed by atoms with van der Waals surface area (Å²) < 4.78 is 11.0. The number of unbranched alkanes of at least 4 members (excludes halogenated alkanes) is 1. The molecular weight excluding hydrogens is 340 g/mol. The molecule has 0 aliphatic rings. The zero-order valence-electron chi connectivity index (χ0n) is 14.3. The number of benzene rings is 2. The number of nitrogens with zero attached hydrogens (tertiary/aromatic N) is 1. The average molecular weight is 361 g/mol. The molecule has 0 saturated heterocycles. The molecular formula is C19H21ClN2O3. The number of methoxy groups -OCH3 is 1. The van der Waals surface area contributed by atoms with E-state index in [0.29, 0.717) is 28.7 Å². The van der Waals surface area contributed by atoms with Gasteiger partial charge in [0, 0.05) is 10.6 Å². The molecule has 0 unspecified atom stereocenters. The van der Waals surface area contributed by atoms with Crippen LogP contribution in [0.15, 0.2) is 47.6 Å². The highest BCUT2D eigenvalue weighted by Crippen LogP contribution is 2.27. The van der Waals surface area contributed by atoms with Crippen molar-refractivity contribution in [2.75, 3.05) is 13.7 Å². The molecule has 2 rings (SSSR count). The molecule has 0 bridgehead atoms. The summed E-state index contributed by atoms with van der Waals surface area (Å²) in [5.74, 6) is 1.02. The van der Waals surface area contributed by atoms with Crippen LogP contribution in [-0.2, 0) is 0 Å². The van der Waals surface area contributed by atoms with Gasteiger partial charge in [-0.05, 0) is 54.4 Å². The highest BCUT2D eigenvalue weighted by Gasteiger charge is 2.06. The first-order valence-electron chi connectivity index (χ1n) is 8.04. The van der Waals surface area contributed by atoms with E-state index in [4.69, 9.17) is 21.1 Å². The number of rotatable bonds is 8. The van der Waals surface area contributed by atoms with Crippen LogP contribution < -0.4 is 14.9 Å². The van der Waals surface area contributed by atoms with Crippen molar-refractivity contribution in [3.8, 4) is 11.5 Å². The van der Waals surface area contributed by atoms with Crippen molar-refractivity contribution < 1.29 is 14.3 Å².